The molecule has 0 aliphatic rings. The van der Waals surface area contributed by atoms with E-state index in [1.54, 1.807) is 0 Å². The molecule has 0 saturated carbocycles. The summed E-state index contributed by atoms with van der Waals surface area (Å²) >= 11 is 0. The third-order valence-corrected chi connectivity index (χ3v) is 8.64. The van der Waals surface area contributed by atoms with E-state index in [4.69, 9.17) is 9.47 Å². The number of carbonyl (C=O) groups excluding carboxylic acids is 4. The molecule has 0 bridgehead atoms. The van der Waals surface area contributed by atoms with Gasteiger partial charge in [-0.15, -0.1) is 0 Å². The molecule has 60 heavy (non-hydrogen) atoms. The van der Waals surface area contributed by atoms with Crippen molar-refractivity contribution in [3.8, 4) is 34.0 Å². The van der Waals surface area contributed by atoms with Gasteiger partial charge in [0.1, 0.15) is 6.61 Å². The first-order chi connectivity index (χ1) is 28.9. The van der Waals surface area contributed by atoms with E-state index >= 15 is 0 Å². The van der Waals surface area contributed by atoms with Gasteiger partial charge in [0.05, 0.1) is 28.4 Å². The van der Waals surface area contributed by atoms with E-state index in [0.717, 1.165) is 56.4 Å². The number of benzene rings is 5. The normalized spacial score (nSPS) is 10.6. The highest BCUT2D eigenvalue weighted by molar-refractivity contribution is 5.94. The fourth-order valence-corrected chi connectivity index (χ4v) is 6.03. The van der Waals surface area contributed by atoms with Crippen LogP contribution in [0.3, 0.4) is 0 Å². The minimum absolute atomic E-state index is 0.108. The maximum absolute atomic E-state index is 11.5. The Morgan fingerprint density at radius 1 is 0.483 bits per heavy atom. The maximum Gasteiger partial charge on any atom is 0.233 e. The minimum atomic E-state index is -0.255. The molecule has 0 atom stereocenters. The second kappa shape index (κ2) is 19.6. The molecule has 0 fully saturated rings. The summed E-state index contributed by atoms with van der Waals surface area (Å²) in [4.78, 5) is 62.9. The van der Waals surface area contributed by atoms with E-state index in [1.165, 1.54) is 27.7 Å². The summed E-state index contributed by atoms with van der Waals surface area (Å²) in [5.74, 6) is 0.524. The summed E-state index contributed by atoms with van der Waals surface area (Å²) in [5.41, 5.74) is 7.71. The monoisotopic (exact) mass is 804 g/mol. The zero-order chi connectivity index (χ0) is 42.6. The Morgan fingerprint density at radius 3 is 1.32 bits per heavy atom. The molecule has 4 amide bonds. The van der Waals surface area contributed by atoms with Crippen molar-refractivity contribution in [2.75, 3.05) is 27.9 Å². The Bertz CT molecular complexity index is 2650. The number of nitrogens with zero attached hydrogens (tertiary/aromatic N) is 4. The lowest BCUT2D eigenvalue weighted by Gasteiger charge is -2.12. The topological polar surface area (TPSA) is 186 Å². The molecule has 14 heteroatoms. The first-order valence-electron chi connectivity index (χ1n) is 19.2. The molecule has 2 aromatic heterocycles. The van der Waals surface area contributed by atoms with Crippen molar-refractivity contribution in [3.63, 3.8) is 0 Å². The molecule has 0 unspecified atom stereocenters. The van der Waals surface area contributed by atoms with Gasteiger partial charge in [-0.05, 0) is 82.8 Å². The highest BCUT2D eigenvalue weighted by Crippen LogP contribution is 2.32. The van der Waals surface area contributed by atoms with Crippen LogP contribution in [0.25, 0.3) is 44.1 Å². The van der Waals surface area contributed by atoms with E-state index in [1.807, 2.05) is 122 Å². The number of hydrogen-bond donors (Lipinski definition) is 4. The van der Waals surface area contributed by atoms with E-state index in [2.05, 4.69) is 41.2 Å². The van der Waals surface area contributed by atoms with Crippen LogP contribution in [0.2, 0.25) is 0 Å². The fourth-order valence-electron chi connectivity index (χ4n) is 6.03. The summed E-state index contributed by atoms with van der Waals surface area (Å²) in [5, 5.41) is 12.3. The van der Waals surface area contributed by atoms with Crippen LogP contribution in [0.5, 0.6) is 11.8 Å². The van der Waals surface area contributed by atoms with Crippen LogP contribution in [0, 0.1) is 0 Å². The van der Waals surface area contributed by atoms with Crippen LogP contribution in [-0.2, 0) is 25.8 Å². The average Bonchev–Trinajstić information content (AvgIpc) is 3.22. The van der Waals surface area contributed by atoms with E-state index in [-0.39, 0.29) is 35.5 Å². The first-order valence-corrected chi connectivity index (χ1v) is 19.2. The van der Waals surface area contributed by atoms with Crippen LogP contribution < -0.4 is 30.7 Å². The number of amides is 4. The molecular weight excluding hydrogens is 761 g/mol. The minimum Gasteiger partial charge on any atom is -0.477 e. The number of anilines is 4. The number of aromatic nitrogens is 4. The lowest BCUT2D eigenvalue weighted by atomic mass is 10.0. The summed E-state index contributed by atoms with van der Waals surface area (Å²) in [6, 6.07) is 36.5. The summed E-state index contributed by atoms with van der Waals surface area (Å²) in [6.45, 7) is 8.64. The van der Waals surface area contributed by atoms with Crippen LogP contribution in [0.1, 0.15) is 46.6 Å². The summed E-state index contributed by atoms with van der Waals surface area (Å²) < 4.78 is 11.8. The van der Waals surface area contributed by atoms with Crippen molar-refractivity contribution in [1.82, 2.24) is 19.9 Å². The number of fused-ring (bicyclic) bond motifs is 2. The molecular formula is C46H44N8O6. The number of carbonyl (C=O) groups is 4. The molecule has 0 radical (unpaired) electrons. The predicted octanol–water partition coefficient (Wildman–Crippen LogP) is 8.80. The van der Waals surface area contributed by atoms with E-state index < -0.39 is 0 Å². The Hall–Kier alpha value is -7.74. The van der Waals surface area contributed by atoms with Crippen LogP contribution in [0.15, 0.2) is 115 Å². The Labute approximate surface area is 346 Å². The molecule has 7 aromatic rings. The number of ether oxygens (including phenoxy) is 2. The van der Waals surface area contributed by atoms with Crippen molar-refractivity contribution in [1.29, 1.82) is 0 Å². The fraction of sp³-hybridized carbons (Fsp3) is 0.174. The summed E-state index contributed by atoms with van der Waals surface area (Å²) in [7, 11) is 0. The van der Waals surface area contributed by atoms with Gasteiger partial charge in [-0.25, -0.2) is 9.97 Å². The highest BCUT2D eigenvalue weighted by Gasteiger charge is 2.14. The smallest absolute Gasteiger partial charge is 0.233 e. The van der Waals surface area contributed by atoms with Crippen molar-refractivity contribution in [2.45, 2.75) is 47.6 Å². The predicted molar refractivity (Wildman–Crippen MR) is 234 cm³/mol. The number of hydrogen-bond acceptors (Lipinski definition) is 10. The van der Waals surface area contributed by atoms with E-state index in [0.29, 0.717) is 36.0 Å². The van der Waals surface area contributed by atoms with Gasteiger partial charge in [0, 0.05) is 39.1 Å². The second-order valence-electron chi connectivity index (χ2n) is 13.7. The van der Waals surface area contributed by atoms with Crippen molar-refractivity contribution in [3.05, 3.63) is 121 Å². The molecule has 14 nitrogen and oxygen atoms in total. The quantitative estimate of drug-likeness (QED) is 0.0930. The lowest BCUT2D eigenvalue weighted by Crippen LogP contribution is -2.10. The van der Waals surface area contributed by atoms with Crippen molar-refractivity contribution < 1.29 is 28.7 Å². The Balaban J connectivity index is 0.000000203. The van der Waals surface area contributed by atoms with Gasteiger partial charge >= 0.3 is 0 Å². The van der Waals surface area contributed by atoms with Crippen LogP contribution in [-0.4, -0.2) is 50.2 Å². The first kappa shape index (κ1) is 41.9. The Morgan fingerprint density at radius 2 is 0.900 bits per heavy atom. The van der Waals surface area contributed by atoms with Crippen LogP contribution >= 0.6 is 0 Å². The largest absolute Gasteiger partial charge is 0.477 e. The number of nitrogens with one attached hydrogen (secondary N) is 4. The third-order valence-electron chi connectivity index (χ3n) is 8.64. The molecule has 0 aliphatic carbocycles. The van der Waals surface area contributed by atoms with E-state index in [9.17, 15) is 19.2 Å². The molecule has 304 valence electrons. The average molecular weight is 805 g/mol. The SMILES string of the molecule is CC(=O)Nc1ccc(-c2ccc3nc(NC(C)=O)nc(OCc4ccccc4)c3c2)cc1.CCCOc1nc(NC(C)=O)nc2ccc(-c3ccc(NC(C)=O)cc3)cc12. The Kier molecular flexibility index (Phi) is 13.7. The van der Waals surface area contributed by atoms with Crippen molar-refractivity contribution >= 4 is 68.7 Å². The maximum atomic E-state index is 11.5. The van der Waals surface area contributed by atoms with Gasteiger partial charge in [0.15, 0.2) is 0 Å². The molecule has 4 N–H and O–H groups in total. The van der Waals surface area contributed by atoms with Gasteiger partial charge < -0.3 is 20.1 Å². The molecule has 0 saturated heterocycles. The third kappa shape index (κ3) is 11.4. The van der Waals surface area contributed by atoms with Gasteiger partial charge in [0.25, 0.3) is 0 Å². The number of rotatable bonds is 12. The zero-order valence-corrected chi connectivity index (χ0v) is 33.8. The van der Waals surface area contributed by atoms with Gasteiger partial charge in [-0.1, -0.05) is 73.7 Å². The molecule has 5 aromatic carbocycles. The molecule has 7 rings (SSSR count). The standard InChI is InChI=1S/C25H22N4O3.C21H22N4O3/c1-16(30)26-21-11-8-19(9-12-21)20-10-13-23-22(14-20)24(29-25(28-23)27-17(2)31)32-15-18-6-4-3-5-7-18;1-4-11-28-20-18-12-16(15-5-8-17(9-6-15)22-13(2)26)7-10-19(18)24-21(25-20)23-14(3)27/h3-14H,15H2,1-2H3,(H,26,30)(H,27,28,29,31);5-10,12H,4,11H2,1-3H3,(H,22,26)(H,23,24,25,27). The van der Waals surface area contributed by atoms with Gasteiger partial charge in [0.2, 0.25) is 47.3 Å². The van der Waals surface area contributed by atoms with Gasteiger partial charge in [-0.2, -0.15) is 9.97 Å². The highest BCUT2D eigenvalue weighted by atomic mass is 16.5. The van der Waals surface area contributed by atoms with Crippen molar-refractivity contribution in [2.24, 2.45) is 0 Å². The second-order valence-corrected chi connectivity index (χ2v) is 13.7. The summed E-state index contributed by atoms with van der Waals surface area (Å²) in [6.07, 6.45) is 0.839. The lowest BCUT2D eigenvalue weighted by molar-refractivity contribution is -0.115. The molecule has 0 spiro atoms. The molecule has 0 aliphatic heterocycles. The molecule has 2 heterocycles. The van der Waals surface area contributed by atoms with Gasteiger partial charge in [-0.3, -0.25) is 29.8 Å². The van der Waals surface area contributed by atoms with Crippen LogP contribution in [0.4, 0.5) is 23.3 Å². The zero-order valence-electron chi connectivity index (χ0n) is 33.8.